The van der Waals surface area contributed by atoms with Crippen molar-refractivity contribution in [2.45, 2.75) is 6.54 Å². The Kier molecular flexibility index (Phi) is 2.19. The first kappa shape index (κ1) is 10.0. The summed E-state index contributed by atoms with van der Waals surface area (Å²) >= 11 is 0. The van der Waals surface area contributed by atoms with Gasteiger partial charge in [-0.15, -0.1) is 0 Å². The maximum Gasteiger partial charge on any atom is 0.181 e. The lowest BCUT2D eigenvalue weighted by molar-refractivity contribution is 0.552. The average Bonchev–Trinajstić information content (AvgIpc) is 2.93. The lowest BCUT2D eigenvalue weighted by Crippen LogP contribution is -1.92. The highest BCUT2D eigenvalue weighted by Crippen LogP contribution is 2.24. The van der Waals surface area contributed by atoms with E-state index in [0.29, 0.717) is 12.4 Å². The quantitative estimate of drug-likeness (QED) is 0.724. The number of benzene rings is 1. The Hall–Kier alpha value is -2.14. The van der Waals surface area contributed by atoms with Crippen molar-refractivity contribution < 1.29 is 4.42 Å². The third kappa shape index (κ3) is 1.70. The van der Waals surface area contributed by atoms with Gasteiger partial charge in [-0.25, -0.2) is 4.98 Å². The highest BCUT2D eigenvalue weighted by atomic mass is 16.3. The van der Waals surface area contributed by atoms with Crippen LogP contribution in [-0.4, -0.2) is 14.8 Å². The molecule has 0 atom stereocenters. The molecule has 2 heterocycles. The van der Waals surface area contributed by atoms with Crippen LogP contribution in [0.3, 0.4) is 0 Å². The number of hydrogen-bond donors (Lipinski definition) is 1. The van der Waals surface area contributed by atoms with Crippen LogP contribution >= 0.6 is 0 Å². The Bertz CT molecular complexity index is 668. The standard InChI is InChI=1S/C12H12N4O/c1-16-7-14-12(15-16)8-2-3-11-9(4-8)5-10(6-13)17-11/h2-5,7H,6,13H2,1H3. The molecule has 0 aliphatic rings. The van der Waals surface area contributed by atoms with E-state index in [1.54, 1.807) is 11.0 Å². The van der Waals surface area contributed by atoms with Crippen LogP contribution in [0.5, 0.6) is 0 Å². The fourth-order valence-corrected chi connectivity index (χ4v) is 1.81. The van der Waals surface area contributed by atoms with Crippen molar-refractivity contribution in [1.29, 1.82) is 0 Å². The number of rotatable bonds is 2. The summed E-state index contributed by atoms with van der Waals surface area (Å²) in [7, 11) is 1.85. The van der Waals surface area contributed by atoms with Crippen molar-refractivity contribution in [3.8, 4) is 11.4 Å². The number of hydrogen-bond acceptors (Lipinski definition) is 4. The molecule has 3 aromatic rings. The molecule has 0 aliphatic heterocycles. The zero-order valence-corrected chi connectivity index (χ0v) is 9.42. The molecule has 0 saturated carbocycles. The molecule has 86 valence electrons. The Labute approximate surface area is 97.9 Å². The summed E-state index contributed by atoms with van der Waals surface area (Å²) in [5.41, 5.74) is 7.36. The van der Waals surface area contributed by atoms with Crippen molar-refractivity contribution in [3.05, 3.63) is 36.4 Å². The van der Waals surface area contributed by atoms with Crippen LogP contribution in [0.2, 0.25) is 0 Å². The minimum Gasteiger partial charge on any atom is -0.460 e. The number of fused-ring (bicyclic) bond motifs is 1. The molecule has 0 bridgehead atoms. The fraction of sp³-hybridized carbons (Fsp3) is 0.167. The Morgan fingerprint density at radius 3 is 2.94 bits per heavy atom. The van der Waals surface area contributed by atoms with Gasteiger partial charge in [-0.1, -0.05) is 0 Å². The second kappa shape index (κ2) is 3.71. The minimum absolute atomic E-state index is 0.409. The maximum absolute atomic E-state index is 5.54. The van der Waals surface area contributed by atoms with Gasteiger partial charge in [0.1, 0.15) is 17.7 Å². The molecular weight excluding hydrogens is 216 g/mol. The first-order valence-electron chi connectivity index (χ1n) is 5.35. The minimum atomic E-state index is 0.409. The van der Waals surface area contributed by atoms with Gasteiger partial charge < -0.3 is 10.2 Å². The lowest BCUT2D eigenvalue weighted by Gasteiger charge is -1.94. The highest BCUT2D eigenvalue weighted by molar-refractivity contribution is 5.82. The lowest BCUT2D eigenvalue weighted by atomic mass is 10.1. The van der Waals surface area contributed by atoms with Crippen molar-refractivity contribution in [1.82, 2.24) is 14.8 Å². The van der Waals surface area contributed by atoms with Crippen LogP contribution in [0.1, 0.15) is 5.76 Å². The van der Waals surface area contributed by atoms with E-state index in [2.05, 4.69) is 10.1 Å². The Morgan fingerprint density at radius 1 is 1.35 bits per heavy atom. The molecule has 0 radical (unpaired) electrons. The van der Waals surface area contributed by atoms with Gasteiger partial charge in [-0.3, -0.25) is 4.68 Å². The molecule has 0 fully saturated rings. The topological polar surface area (TPSA) is 69.9 Å². The van der Waals surface area contributed by atoms with Crippen molar-refractivity contribution >= 4 is 11.0 Å². The Balaban J connectivity index is 2.12. The number of aryl methyl sites for hydroxylation is 1. The van der Waals surface area contributed by atoms with Gasteiger partial charge in [0.15, 0.2) is 5.82 Å². The first-order valence-corrected chi connectivity index (χ1v) is 5.35. The summed E-state index contributed by atoms with van der Waals surface area (Å²) in [6.07, 6.45) is 1.68. The van der Waals surface area contributed by atoms with E-state index in [4.69, 9.17) is 10.2 Å². The molecule has 17 heavy (non-hydrogen) atoms. The highest BCUT2D eigenvalue weighted by Gasteiger charge is 2.07. The average molecular weight is 228 g/mol. The van der Waals surface area contributed by atoms with E-state index in [1.807, 2.05) is 31.3 Å². The predicted molar refractivity (Wildman–Crippen MR) is 64.1 cm³/mol. The molecule has 0 spiro atoms. The SMILES string of the molecule is Cn1cnc(-c2ccc3oc(CN)cc3c2)n1. The van der Waals surface area contributed by atoms with E-state index in [0.717, 1.165) is 22.3 Å². The van der Waals surface area contributed by atoms with Crippen LogP contribution in [0.4, 0.5) is 0 Å². The van der Waals surface area contributed by atoms with E-state index in [9.17, 15) is 0 Å². The van der Waals surface area contributed by atoms with Crippen molar-refractivity contribution in [2.24, 2.45) is 12.8 Å². The largest absolute Gasteiger partial charge is 0.460 e. The fourth-order valence-electron chi connectivity index (χ4n) is 1.81. The summed E-state index contributed by atoms with van der Waals surface area (Å²) < 4.78 is 7.22. The van der Waals surface area contributed by atoms with Crippen LogP contribution in [0.15, 0.2) is 35.0 Å². The van der Waals surface area contributed by atoms with Crippen molar-refractivity contribution in [2.75, 3.05) is 0 Å². The number of nitrogens with zero attached hydrogens (tertiary/aromatic N) is 3. The van der Waals surface area contributed by atoms with Gasteiger partial charge in [-0.2, -0.15) is 5.10 Å². The molecule has 0 unspecified atom stereocenters. The zero-order chi connectivity index (χ0) is 11.8. The van der Waals surface area contributed by atoms with Gasteiger partial charge in [0.25, 0.3) is 0 Å². The van der Waals surface area contributed by atoms with Crippen LogP contribution in [0.25, 0.3) is 22.4 Å². The summed E-state index contributed by atoms with van der Waals surface area (Å²) in [5, 5.41) is 5.29. The summed E-state index contributed by atoms with van der Waals surface area (Å²) in [6.45, 7) is 0.409. The number of nitrogens with two attached hydrogens (primary N) is 1. The number of furan rings is 1. The molecule has 2 N–H and O–H groups in total. The molecule has 5 heteroatoms. The molecule has 0 amide bonds. The van der Waals surface area contributed by atoms with Gasteiger partial charge in [0.05, 0.1) is 6.54 Å². The Morgan fingerprint density at radius 2 is 2.24 bits per heavy atom. The molecule has 3 rings (SSSR count). The molecule has 0 aliphatic carbocycles. The molecular formula is C12H12N4O. The third-order valence-corrected chi connectivity index (χ3v) is 2.63. The monoisotopic (exact) mass is 228 g/mol. The van der Waals surface area contributed by atoms with E-state index < -0.39 is 0 Å². The third-order valence-electron chi connectivity index (χ3n) is 2.63. The van der Waals surface area contributed by atoms with E-state index >= 15 is 0 Å². The molecule has 5 nitrogen and oxygen atoms in total. The van der Waals surface area contributed by atoms with E-state index in [-0.39, 0.29) is 0 Å². The molecule has 0 saturated heterocycles. The summed E-state index contributed by atoms with van der Waals surface area (Å²) in [4.78, 5) is 4.22. The van der Waals surface area contributed by atoms with Crippen LogP contribution < -0.4 is 5.73 Å². The van der Waals surface area contributed by atoms with Gasteiger partial charge in [0, 0.05) is 18.0 Å². The summed E-state index contributed by atoms with van der Waals surface area (Å²) in [5.74, 6) is 1.50. The second-order valence-electron chi connectivity index (χ2n) is 3.91. The first-order chi connectivity index (χ1) is 8.26. The molecule has 2 aromatic heterocycles. The number of aromatic nitrogens is 3. The second-order valence-corrected chi connectivity index (χ2v) is 3.91. The smallest absolute Gasteiger partial charge is 0.181 e. The maximum atomic E-state index is 5.54. The van der Waals surface area contributed by atoms with Crippen molar-refractivity contribution in [3.63, 3.8) is 0 Å². The molecule has 1 aromatic carbocycles. The van der Waals surface area contributed by atoms with Gasteiger partial charge in [0.2, 0.25) is 0 Å². The van der Waals surface area contributed by atoms with Gasteiger partial charge in [-0.05, 0) is 24.3 Å². The van der Waals surface area contributed by atoms with Crippen LogP contribution in [-0.2, 0) is 13.6 Å². The van der Waals surface area contributed by atoms with Crippen LogP contribution in [0, 0.1) is 0 Å². The van der Waals surface area contributed by atoms with E-state index in [1.165, 1.54) is 0 Å². The predicted octanol–water partition coefficient (Wildman–Crippen LogP) is 1.69. The zero-order valence-electron chi connectivity index (χ0n) is 9.42. The summed E-state index contributed by atoms with van der Waals surface area (Å²) in [6, 6.07) is 7.82. The van der Waals surface area contributed by atoms with Gasteiger partial charge >= 0.3 is 0 Å². The normalized spacial score (nSPS) is 11.2.